The molecule has 3 heteroatoms. The van der Waals surface area contributed by atoms with Crippen LogP contribution in [0, 0.1) is 12.8 Å². The van der Waals surface area contributed by atoms with E-state index in [9.17, 15) is 4.79 Å². The molecule has 0 fully saturated rings. The monoisotopic (exact) mass is 235 g/mol. The van der Waals surface area contributed by atoms with E-state index in [1.54, 1.807) is 0 Å². The molecule has 1 unspecified atom stereocenters. The number of hydrogen-bond acceptors (Lipinski definition) is 3. The lowest BCUT2D eigenvalue weighted by molar-refractivity contribution is -0.146. The molecule has 0 aliphatic heterocycles. The minimum Gasteiger partial charge on any atom is -0.467 e. The van der Waals surface area contributed by atoms with Crippen LogP contribution in [0.2, 0.25) is 0 Å². The zero-order chi connectivity index (χ0) is 13.1. The van der Waals surface area contributed by atoms with Crippen molar-refractivity contribution in [1.29, 1.82) is 0 Å². The second-order valence-electron chi connectivity index (χ2n) is 4.84. The lowest BCUT2D eigenvalue weighted by atomic mass is 9.88. The molecule has 17 heavy (non-hydrogen) atoms. The maximum atomic E-state index is 11.9. The lowest BCUT2D eigenvalue weighted by Crippen LogP contribution is -2.48. The highest BCUT2D eigenvalue weighted by Gasteiger charge is 2.37. The summed E-state index contributed by atoms with van der Waals surface area (Å²) < 4.78 is 4.87. The molecule has 0 aromatic heterocycles. The Morgan fingerprint density at radius 3 is 2.24 bits per heavy atom. The van der Waals surface area contributed by atoms with Crippen molar-refractivity contribution in [2.45, 2.75) is 33.2 Å². The first-order valence-electron chi connectivity index (χ1n) is 5.83. The van der Waals surface area contributed by atoms with Gasteiger partial charge in [-0.15, -0.1) is 0 Å². The predicted molar refractivity (Wildman–Crippen MR) is 70.1 cm³/mol. The van der Waals surface area contributed by atoms with Crippen LogP contribution in [0.25, 0.3) is 0 Å². The second kappa shape index (κ2) is 5.21. The summed E-state index contributed by atoms with van der Waals surface area (Å²) in [6.45, 7) is 7.89. The van der Waals surface area contributed by atoms with Crippen molar-refractivity contribution in [2.75, 3.05) is 12.4 Å². The van der Waals surface area contributed by atoms with Crippen LogP contribution in [0.4, 0.5) is 5.69 Å². The summed E-state index contributed by atoms with van der Waals surface area (Å²) in [7, 11) is 1.42. The molecule has 1 N–H and O–H groups in total. The number of hydrogen-bond donors (Lipinski definition) is 1. The summed E-state index contributed by atoms with van der Waals surface area (Å²) in [5.41, 5.74) is 1.42. The van der Waals surface area contributed by atoms with Gasteiger partial charge in [0, 0.05) is 5.69 Å². The number of ether oxygens (including phenoxy) is 1. The molecule has 0 radical (unpaired) electrons. The van der Waals surface area contributed by atoms with Gasteiger partial charge < -0.3 is 10.1 Å². The number of esters is 1. The number of aryl methyl sites for hydroxylation is 1. The molecule has 0 aliphatic carbocycles. The van der Waals surface area contributed by atoms with Crippen LogP contribution in [0.5, 0.6) is 0 Å². The summed E-state index contributed by atoms with van der Waals surface area (Å²) in [4.78, 5) is 11.9. The first-order chi connectivity index (χ1) is 7.90. The Kier molecular flexibility index (Phi) is 4.16. The summed E-state index contributed by atoms with van der Waals surface area (Å²) >= 11 is 0. The number of methoxy groups -OCH3 is 1. The maximum absolute atomic E-state index is 11.9. The highest BCUT2D eigenvalue weighted by molar-refractivity contribution is 5.84. The fraction of sp³-hybridized carbons (Fsp3) is 0.500. The summed E-state index contributed by atoms with van der Waals surface area (Å²) in [6, 6.07) is 7.97. The van der Waals surface area contributed by atoms with E-state index in [0.29, 0.717) is 0 Å². The highest BCUT2D eigenvalue weighted by atomic mass is 16.5. The smallest absolute Gasteiger partial charge is 0.331 e. The molecule has 0 saturated heterocycles. The summed E-state index contributed by atoms with van der Waals surface area (Å²) in [5, 5.41) is 3.26. The van der Waals surface area contributed by atoms with Crippen LogP contribution in [0.3, 0.4) is 0 Å². The Morgan fingerprint density at radius 2 is 1.82 bits per heavy atom. The van der Waals surface area contributed by atoms with Crippen LogP contribution < -0.4 is 5.32 Å². The molecule has 0 saturated carbocycles. The molecule has 0 aliphatic rings. The topological polar surface area (TPSA) is 38.3 Å². The molecule has 0 heterocycles. The normalized spacial score (nSPS) is 14.2. The third kappa shape index (κ3) is 2.99. The highest BCUT2D eigenvalue weighted by Crippen LogP contribution is 2.24. The average Bonchev–Trinajstić information content (AvgIpc) is 2.30. The van der Waals surface area contributed by atoms with Crippen LogP contribution in [0.1, 0.15) is 26.3 Å². The summed E-state index contributed by atoms with van der Waals surface area (Å²) in [6.07, 6.45) is 0. The number of nitrogens with one attached hydrogen (secondary N) is 1. The third-order valence-corrected chi connectivity index (χ3v) is 3.22. The van der Waals surface area contributed by atoms with Crippen molar-refractivity contribution < 1.29 is 9.53 Å². The quantitative estimate of drug-likeness (QED) is 0.815. The molecular weight excluding hydrogens is 214 g/mol. The average molecular weight is 235 g/mol. The minimum absolute atomic E-state index is 0.135. The number of carbonyl (C=O) groups excluding carboxylic acids is 1. The van der Waals surface area contributed by atoms with Crippen molar-refractivity contribution >= 4 is 11.7 Å². The number of rotatable bonds is 4. The molecule has 1 rings (SSSR count). The summed E-state index contributed by atoms with van der Waals surface area (Å²) in [5.74, 6) is -0.107. The molecule has 94 valence electrons. The Labute approximate surface area is 103 Å². The van der Waals surface area contributed by atoms with Crippen molar-refractivity contribution in [3.05, 3.63) is 29.8 Å². The van der Waals surface area contributed by atoms with Crippen molar-refractivity contribution in [3.8, 4) is 0 Å². The molecule has 3 nitrogen and oxygen atoms in total. The predicted octanol–water partition coefficient (Wildman–Crippen LogP) is 2.99. The van der Waals surface area contributed by atoms with E-state index < -0.39 is 5.54 Å². The van der Waals surface area contributed by atoms with E-state index in [1.807, 2.05) is 52.0 Å². The molecule has 0 amide bonds. The molecule has 1 aromatic rings. The molecule has 1 aromatic carbocycles. The Morgan fingerprint density at radius 1 is 1.29 bits per heavy atom. The zero-order valence-electron chi connectivity index (χ0n) is 11.2. The van der Waals surface area contributed by atoms with Crippen molar-refractivity contribution in [2.24, 2.45) is 5.92 Å². The first-order valence-corrected chi connectivity index (χ1v) is 5.83. The van der Waals surface area contributed by atoms with E-state index in [0.717, 1.165) is 5.69 Å². The van der Waals surface area contributed by atoms with Crippen LogP contribution in [0.15, 0.2) is 24.3 Å². The van der Waals surface area contributed by atoms with Crippen LogP contribution in [-0.4, -0.2) is 18.6 Å². The minimum atomic E-state index is -0.704. The third-order valence-electron chi connectivity index (χ3n) is 3.22. The Hall–Kier alpha value is -1.51. The van der Waals surface area contributed by atoms with E-state index in [1.165, 1.54) is 12.7 Å². The standard InChI is InChI=1S/C14H21NO2/c1-10(2)14(4,13(16)17-5)15-12-8-6-11(3)7-9-12/h6-10,15H,1-5H3. The number of benzene rings is 1. The van der Waals surface area contributed by atoms with Gasteiger partial charge >= 0.3 is 5.97 Å². The molecule has 1 atom stereocenters. The number of carbonyl (C=O) groups is 1. The fourth-order valence-corrected chi connectivity index (χ4v) is 1.58. The molecule has 0 bridgehead atoms. The second-order valence-corrected chi connectivity index (χ2v) is 4.84. The van der Waals surface area contributed by atoms with E-state index >= 15 is 0 Å². The van der Waals surface area contributed by atoms with E-state index in [2.05, 4.69) is 5.32 Å². The maximum Gasteiger partial charge on any atom is 0.331 e. The Balaban J connectivity index is 2.95. The van der Waals surface area contributed by atoms with Crippen LogP contribution in [-0.2, 0) is 9.53 Å². The zero-order valence-corrected chi connectivity index (χ0v) is 11.2. The van der Waals surface area contributed by atoms with Crippen molar-refractivity contribution in [3.63, 3.8) is 0 Å². The van der Waals surface area contributed by atoms with Gasteiger partial charge in [0.15, 0.2) is 0 Å². The van der Waals surface area contributed by atoms with Gasteiger partial charge in [0.1, 0.15) is 5.54 Å². The van der Waals surface area contributed by atoms with E-state index in [-0.39, 0.29) is 11.9 Å². The number of anilines is 1. The van der Waals surface area contributed by atoms with Crippen molar-refractivity contribution in [1.82, 2.24) is 0 Å². The first kappa shape index (κ1) is 13.6. The van der Waals surface area contributed by atoms with Gasteiger partial charge in [-0.25, -0.2) is 4.79 Å². The van der Waals surface area contributed by atoms with Gasteiger partial charge in [-0.1, -0.05) is 31.5 Å². The molecule has 0 spiro atoms. The van der Waals surface area contributed by atoms with Gasteiger partial charge in [-0.05, 0) is 31.9 Å². The van der Waals surface area contributed by atoms with Gasteiger partial charge in [0.25, 0.3) is 0 Å². The van der Waals surface area contributed by atoms with Gasteiger partial charge in [-0.3, -0.25) is 0 Å². The van der Waals surface area contributed by atoms with Gasteiger partial charge in [0.05, 0.1) is 7.11 Å². The fourth-order valence-electron chi connectivity index (χ4n) is 1.58. The SMILES string of the molecule is COC(=O)C(C)(Nc1ccc(C)cc1)C(C)C. The van der Waals surface area contributed by atoms with Crippen LogP contribution >= 0.6 is 0 Å². The molecular formula is C14H21NO2. The van der Waals surface area contributed by atoms with E-state index in [4.69, 9.17) is 4.74 Å². The van der Waals surface area contributed by atoms with Gasteiger partial charge in [0.2, 0.25) is 0 Å². The Bertz CT molecular complexity index is 384. The van der Waals surface area contributed by atoms with Gasteiger partial charge in [-0.2, -0.15) is 0 Å². The largest absolute Gasteiger partial charge is 0.467 e. The lowest BCUT2D eigenvalue weighted by Gasteiger charge is -2.32.